The number of fused-ring (bicyclic) bond motifs is 3. The third kappa shape index (κ3) is 3.62. The third-order valence-electron chi connectivity index (χ3n) is 7.08. The van der Waals surface area contributed by atoms with Gasteiger partial charge in [0.25, 0.3) is 0 Å². The van der Waals surface area contributed by atoms with E-state index in [4.69, 9.17) is 0 Å². The van der Waals surface area contributed by atoms with Gasteiger partial charge in [0.2, 0.25) is 0 Å². The summed E-state index contributed by atoms with van der Waals surface area (Å²) in [4.78, 5) is 11.4. The molecule has 1 fully saturated rings. The van der Waals surface area contributed by atoms with Crippen molar-refractivity contribution in [3.8, 4) is 0 Å². The molecule has 5 heteroatoms. The molecular formula is C22H30F3NO. The first-order valence-corrected chi connectivity index (χ1v) is 9.96. The van der Waals surface area contributed by atoms with Crippen LogP contribution in [0.2, 0.25) is 0 Å². The molecule has 2 nitrogen and oxygen atoms in total. The summed E-state index contributed by atoms with van der Waals surface area (Å²) in [6, 6.07) is 6.77. The molecule has 150 valence electrons. The number of hydrogen-bond donors (Lipinski definition) is 1. The quantitative estimate of drug-likeness (QED) is 0.736. The lowest BCUT2D eigenvalue weighted by atomic mass is 9.49. The second kappa shape index (κ2) is 6.82. The molecule has 3 rings (SSSR count). The minimum Gasteiger partial charge on any atom is -0.348 e. The van der Waals surface area contributed by atoms with E-state index < -0.39 is 12.1 Å². The van der Waals surface area contributed by atoms with Gasteiger partial charge < -0.3 is 5.32 Å². The molecule has 2 aliphatic rings. The van der Waals surface area contributed by atoms with Crippen molar-refractivity contribution >= 4 is 5.91 Å². The molecule has 0 heterocycles. The van der Waals surface area contributed by atoms with Crippen molar-refractivity contribution in [3.05, 3.63) is 34.9 Å². The molecule has 27 heavy (non-hydrogen) atoms. The zero-order chi connectivity index (χ0) is 20.0. The van der Waals surface area contributed by atoms with Gasteiger partial charge in [-0.05, 0) is 65.0 Å². The van der Waals surface area contributed by atoms with Gasteiger partial charge in [-0.3, -0.25) is 4.79 Å². The van der Waals surface area contributed by atoms with Gasteiger partial charge in [0.15, 0.2) is 0 Å². The summed E-state index contributed by atoms with van der Waals surface area (Å²) >= 11 is 0. The summed E-state index contributed by atoms with van der Waals surface area (Å²) in [5.74, 6) is -1.08. The number of aryl methyl sites for hydroxylation is 1. The maximum atomic E-state index is 12.6. The van der Waals surface area contributed by atoms with E-state index >= 15 is 0 Å². The SMILES string of the molecule is CC(C)c1ccc2c(c1)CCC1[C@](C)(CNC(=O)C(F)(F)F)CCC[C@]21C. The normalized spacial score (nSPS) is 30.6. The molecule has 1 amide bonds. The zero-order valence-electron chi connectivity index (χ0n) is 16.7. The Balaban J connectivity index is 1.88. The Morgan fingerprint density at radius 2 is 1.96 bits per heavy atom. The topological polar surface area (TPSA) is 29.1 Å². The Hall–Kier alpha value is -1.52. The summed E-state index contributed by atoms with van der Waals surface area (Å²) in [6.45, 7) is 8.80. The molecule has 0 radical (unpaired) electrons. The first-order valence-electron chi connectivity index (χ1n) is 9.96. The Labute approximate surface area is 159 Å². The number of carbonyl (C=O) groups excluding carboxylic acids is 1. The average molecular weight is 381 g/mol. The highest BCUT2D eigenvalue weighted by molar-refractivity contribution is 5.81. The summed E-state index contributed by atoms with van der Waals surface area (Å²) in [7, 11) is 0. The summed E-state index contributed by atoms with van der Waals surface area (Å²) in [5, 5.41) is 2.17. The van der Waals surface area contributed by atoms with E-state index in [-0.39, 0.29) is 23.3 Å². The molecule has 1 saturated carbocycles. The van der Waals surface area contributed by atoms with Crippen molar-refractivity contribution in [1.29, 1.82) is 0 Å². The first kappa shape index (κ1) is 20.2. The van der Waals surface area contributed by atoms with Crippen LogP contribution in [0.1, 0.15) is 76.0 Å². The molecule has 1 aromatic carbocycles. The predicted molar refractivity (Wildman–Crippen MR) is 101 cm³/mol. The average Bonchev–Trinajstić information content (AvgIpc) is 2.58. The lowest BCUT2D eigenvalue weighted by molar-refractivity contribution is -0.174. The smallest absolute Gasteiger partial charge is 0.348 e. The van der Waals surface area contributed by atoms with E-state index in [1.807, 2.05) is 0 Å². The number of amides is 1. The lowest BCUT2D eigenvalue weighted by Gasteiger charge is -2.55. The van der Waals surface area contributed by atoms with Gasteiger partial charge in [-0.1, -0.05) is 52.3 Å². The number of alkyl halides is 3. The van der Waals surface area contributed by atoms with Crippen LogP contribution in [-0.2, 0) is 16.6 Å². The number of hydrogen-bond acceptors (Lipinski definition) is 1. The van der Waals surface area contributed by atoms with E-state index in [0.29, 0.717) is 5.92 Å². The molecule has 0 spiro atoms. The van der Waals surface area contributed by atoms with Crippen molar-refractivity contribution in [2.75, 3.05) is 6.54 Å². The van der Waals surface area contributed by atoms with Crippen LogP contribution in [0.15, 0.2) is 18.2 Å². The fraction of sp³-hybridized carbons (Fsp3) is 0.682. The largest absolute Gasteiger partial charge is 0.471 e. The van der Waals surface area contributed by atoms with Crippen molar-refractivity contribution in [3.63, 3.8) is 0 Å². The van der Waals surface area contributed by atoms with Gasteiger partial charge in [0, 0.05) is 6.54 Å². The second-order valence-electron chi connectivity index (χ2n) is 9.27. The van der Waals surface area contributed by atoms with Gasteiger partial charge in [-0.2, -0.15) is 13.2 Å². The molecule has 2 aliphatic carbocycles. The van der Waals surface area contributed by atoms with Crippen molar-refractivity contribution in [2.24, 2.45) is 11.3 Å². The van der Waals surface area contributed by atoms with Crippen LogP contribution in [0.5, 0.6) is 0 Å². The van der Waals surface area contributed by atoms with Crippen LogP contribution in [0.3, 0.4) is 0 Å². The number of nitrogens with one attached hydrogen (secondary N) is 1. The van der Waals surface area contributed by atoms with Gasteiger partial charge in [0.1, 0.15) is 0 Å². The first-order chi connectivity index (χ1) is 12.5. The van der Waals surface area contributed by atoms with Crippen LogP contribution in [0.25, 0.3) is 0 Å². The molecule has 1 aromatic rings. The van der Waals surface area contributed by atoms with Gasteiger partial charge >= 0.3 is 12.1 Å². The van der Waals surface area contributed by atoms with E-state index in [1.54, 1.807) is 0 Å². The Kier molecular flexibility index (Phi) is 5.11. The van der Waals surface area contributed by atoms with Crippen LogP contribution < -0.4 is 5.32 Å². The summed E-state index contributed by atoms with van der Waals surface area (Å²) in [5.41, 5.74) is 3.73. The Morgan fingerprint density at radius 3 is 2.59 bits per heavy atom. The fourth-order valence-corrected chi connectivity index (χ4v) is 5.60. The summed E-state index contributed by atoms with van der Waals surface area (Å²) < 4.78 is 37.9. The highest BCUT2D eigenvalue weighted by Crippen LogP contribution is 2.57. The summed E-state index contributed by atoms with van der Waals surface area (Å²) in [6.07, 6.45) is -0.0286. The molecular weight excluding hydrogens is 351 g/mol. The van der Waals surface area contributed by atoms with Gasteiger partial charge in [-0.25, -0.2) is 0 Å². The van der Waals surface area contributed by atoms with E-state index in [0.717, 1.165) is 32.1 Å². The highest BCUT2D eigenvalue weighted by Gasteiger charge is 2.52. The zero-order valence-corrected chi connectivity index (χ0v) is 16.7. The van der Waals surface area contributed by atoms with Crippen molar-refractivity contribution in [2.45, 2.75) is 77.3 Å². The van der Waals surface area contributed by atoms with Gasteiger partial charge in [-0.15, -0.1) is 0 Å². The minimum absolute atomic E-state index is 0.0426. The fourth-order valence-electron chi connectivity index (χ4n) is 5.60. The van der Waals surface area contributed by atoms with Crippen LogP contribution in [-0.4, -0.2) is 18.6 Å². The predicted octanol–water partition coefficient (Wildman–Crippen LogP) is 5.50. The lowest BCUT2D eigenvalue weighted by Crippen LogP contribution is -2.54. The maximum Gasteiger partial charge on any atom is 0.471 e. The standard InChI is InChI=1S/C22H30F3NO/c1-14(2)15-6-8-17-16(12-15)7-9-18-20(3,10-5-11-21(17,18)4)13-26-19(27)22(23,24)25/h6,8,12,14,18H,5,7,9-11,13H2,1-4H3,(H,26,27)/t18?,20-,21+/m0/s1. The molecule has 1 unspecified atom stereocenters. The number of rotatable bonds is 3. The molecule has 1 N–H and O–H groups in total. The number of benzene rings is 1. The number of halogens is 3. The third-order valence-corrected chi connectivity index (χ3v) is 7.08. The van der Waals surface area contributed by atoms with Crippen molar-refractivity contribution < 1.29 is 18.0 Å². The molecule has 0 saturated heterocycles. The molecule has 0 aliphatic heterocycles. The Bertz CT molecular complexity index is 727. The second-order valence-corrected chi connectivity index (χ2v) is 9.27. The van der Waals surface area contributed by atoms with E-state index in [9.17, 15) is 18.0 Å². The van der Waals surface area contributed by atoms with E-state index in [2.05, 4.69) is 51.2 Å². The Morgan fingerprint density at radius 1 is 1.26 bits per heavy atom. The molecule has 3 atom stereocenters. The molecule has 0 aromatic heterocycles. The molecule has 0 bridgehead atoms. The van der Waals surface area contributed by atoms with Crippen LogP contribution >= 0.6 is 0 Å². The van der Waals surface area contributed by atoms with Crippen LogP contribution in [0.4, 0.5) is 13.2 Å². The van der Waals surface area contributed by atoms with Crippen molar-refractivity contribution in [1.82, 2.24) is 5.32 Å². The number of carbonyl (C=O) groups is 1. The maximum absolute atomic E-state index is 12.6. The van der Waals surface area contributed by atoms with Gasteiger partial charge in [0.05, 0.1) is 0 Å². The highest BCUT2D eigenvalue weighted by atomic mass is 19.4. The minimum atomic E-state index is -4.82. The van der Waals surface area contributed by atoms with E-state index in [1.165, 1.54) is 16.7 Å². The van der Waals surface area contributed by atoms with Crippen LogP contribution in [0, 0.1) is 11.3 Å². The monoisotopic (exact) mass is 381 g/mol.